The Morgan fingerprint density at radius 2 is 1.84 bits per heavy atom. The van der Waals surface area contributed by atoms with E-state index in [0.717, 1.165) is 17.3 Å². The molecular formula is C17H16N4O2S2. The Bertz CT molecular complexity index is 994. The molecule has 0 aliphatic rings. The van der Waals surface area contributed by atoms with Crippen LogP contribution in [0.3, 0.4) is 0 Å². The first-order valence-corrected chi connectivity index (χ1v) is 9.92. The number of nitrogens with zero attached hydrogens (tertiary/aromatic N) is 4. The van der Waals surface area contributed by atoms with E-state index in [0.29, 0.717) is 24.0 Å². The zero-order valence-corrected chi connectivity index (χ0v) is 15.0. The average Bonchev–Trinajstić information content (AvgIpc) is 3.11. The standard InChI is InChI=1S/C17H16N4O2S2/c18-11-5-12-21(13-10-14-6-2-1-3-7-14)25(22,23)16-9-4-8-15-17(16)20-24-19-15/h1-4,6-9H,5,10,12-13H2. The Morgan fingerprint density at radius 3 is 2.60 bits per heavy atom. The van der Waals surface area contributed by atoms with Crippen molar-refractivity contribution >= 4 is 32.8 Å². The second kappa shape index (κ2) is 7.70. The smallest absolute Gasteiger partial charge is 0.207 e. The molecule has 1 heterocycles. The summed E-state index contributed by atoms with van der Waals surface area (Å²) in [6, 6.07) is 16.6. The summed E-state index contributed by atoms with van der Waals surface area (Å²) in [6.07, 6.45) is 0.718. The van der Waals surface area contributed by atoms with Crippen LogP contribution in [0.15, 0.2) is 53.4 Å². The first-order chi connectivity index (χ1) is 12.1. The van der Waals surface area contributed by atoms with Gasteiger partial charge in [0.2, 0.25) is 10.0 Å². The van der Waals surface area contributed by atoms with E-state index in [1.807, 2.05) is 36.4 Å². The topological polar surface area (TPSA) is 87.0 Å². The van der Waals surface area contributed by atoms with E-state index in [4.69, 9.17) is 5.26 Å². The lowest BCUT2D eigenvalue weighted by Gasteiger charge is -2.21. The van der Waals surface area contributed by atoms with Crippen molar-refractivity contribution in [3.8, 4) is 6.07 Å². The molecular weight excluding hydrogens is 356 g/mol. The Hall–Kier alpha value is -2.34. The molecule has 0 fully saturated rings. The van der Waals surface area contributed by atoms with Crippen LogP contribution in [-0.2, 0) is 16.4 Å². The second-order valence-electron chi connectivity index (χ2n) is 5.44. The summed E-state index contributed by atoms with van der Waals surface area (Å²) in [5, 5.41) is 8.88. The van der Waals surface area contributed by atoms with Gasteiger partial charge in [0.1, 0.15) is 15.9 Å². The highest BCUT2D eigenvalue weighted by Gasteiger charge is 2.27. The molecule has 3 aromatic rings. The van der Waals surface area contributed by atoms with Crippen molar-refractivity contribution in [2.75, 3.05) is 13.1 Å². The summed E-state index contributed by atoms with van der Waals surface area (Å²) < 4.78 is 35.8. The number of fused-ring (bicyclic) bond motifs is 1. The van der Waals surface area contributed by atoms with Crippen LogP contribution >= 0.6 is 11.7 Å². The Labute approximate surface area is 150 Å². The molecule has 0 spiro atoms. The summed E-state index contributed by atoms with van der Waals surface area (Å²) in [5.74, 6) is 0. The van der Waals surface area contributed by atoms with Crippen molar-refractivity contribution in [3.05, 3.63) is 54.1 Å². The maximum Gasteiger partial charge on any atom is 0.245 e. The van der Waals surface area contributed by atoms with Crippen LogP contribution in [0.2, 0.25) is 0 Å². The summed E-state index contributed by atoms with van der Waals surface area (Å²) in [4.78, 5) is 0.143. The minimum Gasteiger partial charge on any atom is -0.207 e. The fraction of sp³-hybridized carbons (Fsp3) is 0.235. The first-order valence-electron chi connectivity index (χ1n) is 7.75. The van der Waals surface area contributed by atoms with Crippen LogP contribution in [0.4, 0.5) is 0 Å². The SMILES string of the molecule is N#CCCN(CCc1ccccc1)S(=O)(=O)c1cccc2nsnc12. The first kappa shape index (κ1) is 17.5. The largest absolute Gasteiger partial charge is 0.245 e. The van der Waals surface area contributed by atoms with E-state index < -0.39 is 10.0 Å². The fourth-order valence-electron chi connectivity index (χ4n) is 2.55. The van der Waals surface area contributed by atoms with Gasteiger partial charge in [-0.2, -0.15) is 18.3 Å². The normalized spacial score (nSPS) is 11.7. The minimum absolute atomic E-state index is 0.138. The van der Waals surface area contributed by atoms with Crippen molar-refractivity contribution in [2.24, 2.45) is 0 Å². The van der Waals surface area contributed by atoms with Gasteiger partial charge in [-0.3, -0.25) is 0 Å². The van der Waals surface area contributed by atoms with E-state index in [2.05, 4.69) is 8.75 Å². The number of hydrogen-bond donors (Lipinski definition) is 0. The third-order valence-corrected chi connectivity index (χ3v) is 6.31. The Morgan fingerprint density at radius 1 is 1.04 bits per heavy atom. The van der Waals surface area contributed by atoms with Gasteiger partial charge in [-0.15, -0.1) is 0 Å². The lowest BCUT2D eigenvalue weighted by molar-refractivity contribution is 0.421. The molecule has 25 heavy (non-hydrogen) atoms. The third kappa shape index (κ3) is 3.85. The second-order valence-corrected chi connectivity index (χ2v) is 7.87. The van der Waals surface area contributed by atoms with E-state index in [-0.39, 0.29) is 17.9 Å². The number of hydrogen-bond acceptors (Lipinski definition) is 6. The van der Waals surface area contributed by atoms with Gasteiger partial charge in [0, 0.05) is 19.5 Å². The molecule has 0 aliphatic heterocycles. The van der Waals surface area contributed by atoms with Crippen LogP contribution < -0.4 is 0 Å². The molecule has 0 saturated carbocycles. The van der Waals surface area contributed by atoms with Gasteiger partial charge in [0.05, 0.1) is 17.8 Å². The van der Waals surface area contributed by atoms with Crippen molar-refractivity contribution in [3.63, 3.8) is 0 Å². The lowest BCUT2D eigenvalue weighted by Crippen LogP contribution is -2.34. The van der Waals surface area contributed by atoms with Gasteiger partial charge >= 0.3 is 0 Å². The molecule has 0 N–H and O–H groups in total. The molecule has 0 saturated heterocycles. The maximum atomic E-state index is 13.1. The molecule has 0 bridgehead atoms. The van der Waals surface area contributed by atoms with Crippen molar-refractivity contribution in [2.45, 2.75) is 17.7 Å². The lowest BCUT2D eigenvalue weighted by atomic mass is 10.1. The van der Waals surface area contributed by atoms with E-state index in [1.54, 1.807) is 18.2 Å². The highest BCUT2D eigenvalue weighted by molar-refractivity contribution is 7.89. The van der Waals surface area contributed by atoms with Crippen LogP contribution in [-0.4, -0.2) is 34.6 Å². The number of nitriles is 1. The van der Waals surface area contributed by atoms with E-state index in [9.17, 15) is 8.42 Å². The molecule has 2 aromatic carbocycles. The zero-order valence-electron chi connectivity index (χ0n) is 13.4. The molecule has 1 aromatic heterocycles. The molecule has 0 aliphatic carbocycles. The average molecular weight is 372 g/mol. The van der Waals surface area contributed by atoms with Crippen LogP contribution in [0, 0.1) is 11.3 Å². The third-order valence-electron chi connectivity index (χ3n) is 3.83. The number of sulfonamides is 1. The zero-order chi connectivity index (χ0) is 17.7. The molecule has 3 rings (SSSR count). The predicted octanol–water partition coefficient (Wildman–Crippen LogP) is 2.84. The van der Waals surface area contributed by atoms with Crippen LogP contribution in [0.1, 0.15) is 12.0 Å². The summed E-state index contributed by atoms with van der Waals surface area (Å²) in [7, 11) is -3.75. The summed E-state index contributed by atoms with van der Waals surface area (Å²) in [5.41, 5.74) is 2.00. The number of rotatable bonds is 7. The predicted molar refractivity (Wildman–Crippen MR) is 96.5 cm³/mol. The molecule has 0 radical (unpaired) electrons. The van der Waals surface area contributed by atoms with Crippen LogP contribution in [0.5, 0.6) is 0 Å². The molecule has 8 heteroatoms. The molecule has 128 valence electrons. The van der Waals surface area contributed by atoms with Gasteiger partial charge in [-0.25, -0.2) is 8.42 Å². The van der Waals surface area contributed by atoms with E-state index in [1.165, 1.54) is 4.31 Å². The monoisotopic (exact) mass is 372 g/mol. The Kier molecular flexibility index (Phi) is 5.38. The molecule has 6 nitrogen and oxygen atoms in total. The molecule has 0 atom stereocenters. The molecule has 0 amide bonds. The highest BCUT2D eigenvalue weighted by Crippen LogP contribution is 2.24. The van der Waals surface area contributed by atoms with Crippen molar-refractivity contribution in [1.82, 2.24) is 13.1 Å². The van der Waals surface area contributed by atoms with Crippen molar-refractivity contribution < 1.29 is 8.42 Å². The maximum absolute atomic E-state index is 13.1. The van der Waals surface area contributed by atoms with Gasteiger partial charge in [0.15, 0.2) is 0 Å². The Balaban J connectivity index is 1.91. The minimum atomic E-state index is -3.75. The summed E-state index contributed by atoms with van der Waals surface area (Å²) >= 11 is 0.988. The number of benzene rings is 2. The van der Waals surface area contributed by atoms with Crippen molar-refractivity contribution in [1.29, 1.82) is 5.26 Å². The van der Waals surface area contributed by atoms with Crippen LogP contribution in [0.25, 0.3) is 11.0 Å². The van der Waals surface area contributed by atoms with Gasteiger partial charge < -0.3 is 0 Å². The number of aromatic nitrogens is 2. The van der Waals surface area contributed by atoms with Gasteiger partial charge in [0.25, 0.3) is 0 Å². The highest BCUT2D eigenvalue weighted by atomic mass is 32.2. The fourth-order valence-corrected chi connectivity index (χ4v) is 4.75. The molecule has 0 unspecified atom stereocenters. The van der Waals surface area contributed by atoms with E-state index >= 15 is 0 Å². The summed E-state index contributed by atoms with van der Waals surface area (Å²) in [6.45, 7) is 0.460. The van der Waals surface area contributed by atoms with Gasteiger partial charge in [-0.1, -0.05) is 36.4 Å². The quantitative estimate of drug-likeness (QED) is 0.636. The van der Waals surface area contributed by atoms with Gasteiger partial charge in [-0.05, 0) is 24.1 Å².